The van der Waals surface area contributed by atoms with E-state index in [-0.39, 0.29) is 68.4 Å². The van der Waals surface area contributed by atoms with Gasteiger partial charge in [0.25, 0.3) is 0 Å². The highest BCUT2D eigenvalue weighted by Gasteiger charge is 2.49. The van der Waals surface area contributed by atoms with E-state index in [1.807, 2.05) is 75.1 Å². The number of rotatable bonds is 16. The predicted octanol–water partition coefficient (Wildman–Crippen LogP) is 6.78. The fourth-order valence-electron chi connectivity index (χ4n) is 13.0. The van der Waals surface area contributed by atoms with E-state index in [4.69, 9.17) is 9.47 Å². The van der Waals surface area contributed by atoms with Crippen molar-refractivity contribution in [2.75, 3.05) is 76.3 Å². The first-order valence-corrected chi connectivity index (χ1v) is 31.4. The highest BCUT2D eigenvalue weighted by Crippen LogP contribution is 2.43. The molecule has 2 fully saturated rings. The second-order valence-corrected chi connectivity index (χ2v) is 27.4. The first-order valence-electron chi connectivity index (χ1n) is 31.4. The number of hydrogen-bond donors (Lipinski definition) is 5. The predicted molar refractivity (Wildman–Crippen MR) is 338 cm³/mol. The average Bonchev–Trinajstić information content (AvgIpc) is 1.56. The number of likely N-dealkylation sites (N-methyl/N-ethyl adjacent to an activating group) is 1. The summed E-state index contributed by atoms with van der Waals surface area (Å²) in [5, 5.41) is 22.1. The van der Waals surface area contributed by atoms with E-state index in [1.165, 1.54) is 33.9 Å². The Morgan fingerprint density at radius 1 is 0.856 bits per heavy atom. The number of nitrogens with zero attached hydrogens (tertiary/aromatic N) is 6. The Hall–Kier alpha value is -7.95. The number of amides is 8. The molecule has 0 bridgehead atoms. The standard InChI is InChI=1S/C68H89FN10O11/c1-41-34-76(51(37-77(41)64(86)87)36-75-27-28-89-39-42(75)2)38-58(81)79-40-68(10,53-26-21-45(30-55(53)79)29-44-19-23-49(69)24-20-44)63(85)70-33-57(80)71-50-25-22-47-32-56(61(83)72-54-18-14-16-46-15-12-13-17-52(46)54)78(35-48(47)31-50)62(84)59(66(4,5)6)73-60(82)43(3)74(11)65(88)90-67(7,8)9/h12-13,15,17,19-26,30-31,41-43,51,54,56,59H,14,16,18,27-29,32-40H2,1-11H3,(H,70,85)(H,71,80)(H,72,83)(H,73,82)(H,86,87)/t41-,42-,43+,51+,54-,56+,59-,68+/m1/s1. The Bertz CT molecular complexity index is 3370. The normalized spacial score (nSPS) is 22.6. The molecule has 22 heteroatoms. The van der Waals surface area contributed by atoms with Gasteiger partial charge >= 0.3 is 12.2 Å². The Morgan fingerprint density at radius 3 is 2.28 bits per heavy atom. The lowest BCUT2D eigenvalue weighted by Crippen LogP contribution is -2.64. The number of benzene rings is 4. The minimum absolute atomic E-state index is 0.0544. The number of carbonyl (C=O) groups is 8. The molecule has 1 aliphatic carbocycles. The summed E-state index contributed by atoms with van der Waals surface area (Å²) in [6.07, 6.45) is 1.27. The Labute approximate surface area is 527 Å². The summed E-state index contributed by atoms with van der Waals surface area (Å²) in [7, 11) is 1.45. The third-order valence-corrected chi connectivity index (χ3v) is 18.4. The zero-order chi connectivity index (χ0) is 65.1. The second kappa shape index (κ2) is 27.3. The number of fused-ring (bicyclic) bond motifs is 3. The number of hydrogen-bond acceptors (Lipinski definition) is 12. The fourth-order valence-corrected chi connectivity index (χ4v) is 13.0. The molecule has 0 radical (unpaired) electrons. The zero-order valence-corrected chi connectivity index (χ0v) is 53.8. The summed E-state index contributed by atoms with van der Waals surface area (Å²) in [4.78, 5) is 123. The lowest BCUT2D eigenvalue weighted by atomic mass is 9.83. The van der Waals surface area contributed by atoms with Gasteiger partial charge in [-0.1, -0.05) is 75.4 Å². The molecule has 0 saturated carbocycles. The number of morpholine rings is 1. The number of carbonyl (C=O) groups excluding carboxylic acids is 7. The molecule has 9 rings (SSSR count). The van der Waals surface area contributed by atoms with Gasteiger partial charge in [0.2, 0.25) is 35.4 Å². The Morgan fingerprint density at radius 2 is 1.58 bits per heavy atom. The third kappa shape index (κ3) is 15.3. The van der Waals surface area contributed by atoms with Gasteiger partial charge in [0, 0.05) is 82.2 Å². The van der Waals surface area contributed by atoms with Crippen molar-refractivity contribution in [3.05, 3.63) is 130 Å². The van der Waals surface area contributed by atoms with Gasteiger partial charge in [-0.2, -0.15) is 0 Å². The quantitative estimate of drug-likeness (QED) is 0.0778. The van der Waals surface area contributed by atoms with Crippen molar-refractivity contribution in [2.24, 2.45) is 5.41 Å². The van der Waals surface area contributed by atoms with Crippen LogP contribution in [0.4, 0.5) is 25.4 Å². The van der Waals surface area contributed by atoms with Crippen LogP contribution in [-0.2, 0) is 69.5 Å². The molecule has 4 aromatic carbocycles. The average molecular weight is 1240 g/mol. The highest BCUT2D eigenvalue weighted by molar-refractivity contribution is 6.04. The SMILES string of the molecule is C[C@@H]1COCCN1C[C@H]1CN(C(=O)O)[C@H](C)CN1CC(=O)N1C[C@](C)(C(=O)NCC(=O)Nc2ccc3c(c2)CN(C(=O)[C@@H](NC(=O)[C@H](C)N(C)C(=O)OC(C)(C)C)C(C)(C)C)[C@H](C(=O)N[C@@H]2CCCc4ccccc42)C3)c2ccc(Cc3ccc(F)cc3)cc21. The van der Waals surface area contributed by atoms with Crippen LogP contribution >= 0.6 is 0 Å². The molecule has 90 heavy (non-hydrogen) atoms. The van der Waals surface area contributed by atoms with Gasteiger partial charge in [0.05, 0.1) is 37.8 Å². The van der Waals surface area contributed by atoms with Crippen molar-refractivity contribution in [2.45, 2.75) is 161 Å². The number of nitrogens with one attached hydrogen (secondary N) is 4. The summed E-state index contributed by atoms with van der Waals surface area (Å²) in [6, 6.07) is 20.9. The van der Waals surface area contributed by atoms with Crippen molar-refractivity contribution in [1.29, 1.82) is 0 Å². The van der Waals surface area contributed by atoms with Gasteiger partial charge in [0.15, 0.2) is 0 Å². The Kier molecular flexibility index (Phi) is 20.1. The minimum atomic E-state index is -1.33. The van der Waals surface area contributed by atoms with E-state index in [0.29, 0.717) is 68.2 Å². The number of ether oxygens (including phenoxy) is 2. The first kappa shape index (κ1) is 66.5. The number of aryl methyl sites for hydroxylation is 1. The number of piperazine rings is 1. The van der Waals surface area contributed by atoms with Crippen molar-refractivity contribution in [3.63, 3.8) is 0 Å². The van der Waals surface area contributed by atoms with Crippen LogP contribution in [0.2, 0.25) is 0 Å². The van der Waals surface area contributed by atoms with Gasteiger partial charge in [-0.05, 0) is 149 Å². The van der Waals surface area contributed by atoms with Gasteiger partial charge in [0.1, 0.15) is 29.5 Å². The number of carboxylic acid groups (broad SMARTS) is 1. The molecular weight excluding hydrogens is 1150 g/mol. The van der Waals surface area contributed by atoms with Gasteiger partial charge < -0.3 is 50.5 Å². The van der Waals surface area contributed by atoms with Crippen LogP contribution in [-0.4, -0.2) is 185 Å². The monoisotopic (exact) mass is 1240 g/mol. The van der Waals surface area contributed by atoms with Crippen molar-refractivity contribution < 1.29 is 57.3 Å². The minimum Gasteiger partial charge on any atom is -0.465 e. The van der Waals surface area contributed by atoms with Crippen LogP contribution in [0, 0.1) is 11.2 Å². The van der Waals surface area contributed by atoms with Gasteiger partial charge in [-0.25, -0.2) is 14.0 Å². The molecule has 2 saturated heterocycles. The molecule has 484 valence electrons. The van der Waals surface area contributed by atoms with E-state index >= 15 is 4.79 Å². The third-order valence-electron chi connectivity index (χ3n) is 18.4. The van der Waals surface area contributed by atoms with E-state index in [9.17, 15) is 43.1 Å². The van der Waals surface area contributed by atoms with Crippen LogP contribution in [0.25, 0.3) is 0 Å². The molecule has 5 N–H and O–H groups in total. The van der Waals surface area contributed by atoms with E-state index in [2.05, 4.69) is 39.2 Å². The maximum Gasteiger partial charge on any atom is 0.410 e. The largest absolute Gasteiger partial charge is 0.465 e. The van der Waals surface area contributed by atoms with Crippen LogP contribution in [0.15, 0.2) is 84.9 Å². The highest BCUT2D eigenvalue weighted by atomic mass is 19.1. The van der Waals surface area contributed by atoms with E-state index < -0.39 is 83.0 Å². The maximum absolute atomic E-state index is 15.3. The molecule has 21 nitrogen and oxygen atoms in total. The van der Waals surface area contributed by atoms with Gasteiger partial charge in [-0.15, -0.1) is 0 Å². The summed E-state index contributed by atoms with van der Waals surface area (Å²) in [5.74, 6) is -3.19. The van der Waals surface area contributed by atoms with Crippen LogP contribution in [0.5, 0.6) is 0 Å². The molecule has 8 amide bonds. The summed E-state index contributed by atoms with van der Waals surface area (Å²) < 4.78 is 25.2. The maximum atomic E-state index is 15.3. The molecule has 0 unspecified atom stereocenters. The summed E-state index contributed by atoms with van der Waals surface area (Å²) >= 11 is 0. The topological polar surface area (TPSA) is 243 Å². The van der Waals surface area contributed by atoms with Crippen LogP contribution < -0.4 is 26.2 Å². The van der Waals surface area contributed by atoms with E-state index in [1.54, 1.807) is 63.8 Å². The summed E-state index contributed by atoms with van der Waals surface area (Å²) in [5.41, 5.74) is 3.68. The molecule has 0 aromatic heterocycles. The summed E-state index contributed by atoms with van der Waals surface area (Å²) in [6.45, 7) is 19.9. The number of anilines is 2. The molecule has 5 aliphatic rings. The molecule has 8 atom stereocenters. The lowest BCUT2D eigenvalue weighted by molar-refractivity contribution is -0.147. The van der Waals surface area contributed by atoms with Crippen LogP contribution in [0.3, 0.4) is 0 Å². The molecule has 0 spiro atoms. The Balaban J connectivity index is 0.929. The van der Waals surface area contributed by atoms with E-state index in [0.717, 1.165) is 40.7 Å². The molecule has 4 aromatic rings. The first-order chi connectivity index (χ1) is 42.5. The smallest absolute Gasteiger partial charge is 0.410 e. The molecular formula is C68H89FN10O11. The van der Waals surface area contributed by atoms with Crippen molar-refractivity contribution in [3.8, 4) is 0 Å². The lowest BCUT2D eigenvalue weighted by Gasteiger charge is -2.47. The molecule has 4 heterocycles. The second-order valence-electron chi connectivity index (χ2n) is 27.4. The molecule has 4 aliphatic heterocycles. The van der Waals surface area contributed by atoms with Crippen molar-refractivity contribution in [1.82, 2.24) is 40.4 Å². The van der Waals surface area contributed by atoms with Gasteiger partial charge in [-0.3, -0.25) is 43.5 Å². The zero-order valence-electron chi connectivity index (χ0n) is 53.8. The van der Waals surface area contributed by atoms with Crippen LogP contribution in [0.1, 0.15) is 127 Å². The van der Waals surface area contributed by atoms with Crippen molar-refractivity contribution >= 4 is 59.0 Å². The fraction of sp³-hybridized carbons (Fsp3) is 0.529. The number of halogens is 1.